The number of piperazine rings is 1. The number of benzene rings is 1. The first kappa shape index (κ1) is 20.9. The summed E-state index contributed by atoms with van der Waals surface area (Å²) in [7, 11) is 4.68. The van der Waals surface area contributed by atoms with Gasteiger partial charge in [0.2, 0.25) is 5.91 Å². The van der Waals surface area contributed by atoms with Crippen LogP contribution in [0.2, 0.25) is 5.02 Å². The van der Waals surface area contributed by atoms with Crippen LogP contribution in [0.5, 0.6) is 11.5 Å². The number of hydrogen-bond donors (Lipinski definition) is 1. The summed E-state index contributed by atoms with van der Waals surface area (Å²) in [6.45, 7) is 2.89. The molecule has 1 aromatic carbocycles. The average molecular weight is 422 g/mol. The molecule has 3 rings (SSSR count). The van der Waals surface area contributed by atoms with E-state index in [1.165, 1.54) is 4.68 Å². The van der Waals surface area contributed by atoms with Crippen molar-refractivity contribution in [2.75, 3.05) is 57.2 Å². The maximum atomic E-state index is 12.4. The van der Waals surface area contributed by atoms with Gasteiger partial charge in [0.1, 0.15) is 16.5 Å². The highest BCUT2D eigenvalue weighted by Crippen LogP contribution is 2.26. The molecule has 156 valence electrons. The fourth-order valence-corrected chi connectivity index (χ4v) is 3.44. The number of rotatable bonds is 6. The number of anilines is 2. The molecule has 2 heterocycles. The number of carbonyl (C=O) groups excluding carboxylic acids is 1. The highest BCUT2D eigenvalue weighted by atomic mass is 35.5. The lowest BCUT2D eigenvalue weighted by molar-refractivity contribution is -0.117. The van der Waals surface area contributed by atoms with Gasteiger partial charge in [0.05, 0.1) is 32.6 Å². The molecule has 1 N–H and O–H groups in total. The summed E-state index contributed by atoms with van der Waals surface area (Å²) >= 11 is 6.18. The first-order valence-electron chi connectivity index (χ1n) is 9.13. The van der Waals surface area contributed by atoms with Gasteiger partial charge in [-0.3, -0.25) is 14.5 Å². The van der Waals surface area contributed by atoms with Crippen LogP contribution < -0.4 is 25.2 Å². The van der Waals surface area contributed by atoms with Crippen LogP contribution in [-0.4, -0.2) is 67.5 Å². The summed E-state index contributed by atoms with van der Waals surface area (Å²) < 4.78 is 11.7. The number of nitrogens with one attached hydrogen (secondary N) is 1. The van der Waals surface area contributed by atoms with Crippen LogP contribution in [0, 0.1) is 0 Å². The van der Waals surface area contributed by atoms with E-state index < -0.39 is 0 Å². The molecule has 1 aliphatic rings. The van der Waals surface area contributed by atoms with Crippen LogP contribution in [0.3, 0.4) is 0 Å². The number of carbonyl (C=O) groups is 1. The van der Waals surface area contributed by atoms with Gasteiger partial charge in [0.25, 0.3) is 5.56 Å². The second kappa shape index (κ2) is 9.15. The van der Waals surface area contributed by atoms with Gasteiger partial charge in [-0.15, -0.1) is 0 Å². The number of ether oxygens (including phenoxy) is 2. The number of aryl methyl sites for hydroxylation is 1. The summed E-state index contributed by atoms with van der Waals surface area (Å²) in [5, 5.41) is 7.08. The van der Waals surface area contributed by atoms with E-state index in [1.807, 2.05) is 9.80 Å². The fourth-order valence-electron chi connectivity index (χ4n) is 3.15. The zero-order valence-corrected chi connectivity index (χ0v) is 17.4. The molecule has 0 bridgehead atoms. The van der Waals surface area contributed by atoms with Crippen LogP contribution in [0.4, 0.5) is 11.4 Å². The lowest BCUT2D eigenvalue weighted by Gasteiger charge is -2.35. The van der Waals surface area contributed by atoms with E-state index in [9.17, 15) is 9.59 Å². The van der Waals surface area contributed by atoms with E-state index in [2.05, 4.69) is 10.4 Å². The van der Waals surface area contributed by atoms with Gasteiger partial charge in [-0.1, -0.05) is 11.6 Å². The predicted molar refractivity (Wildman–Crippen MR) is 111 cm³/mol. The van der Waals surface area contributed by atoms with Crippen molar-refractivity contribution in [1.82, 2.24) is 14.7 Å². The first-order valence-corrected chi connectivity index (χ1v) is 9.51. The van der Waals surface area contributed by atoms with Crippen molar-refractivity contribution >= 4 is 28.9 Å². The molecule has 0 unspecified atom stereocenters. The quantitative estimate of drug-likeness (QED) is 0.749. The Morgan fingerprint density at radius 2 is 1.76 bits per heavy atom. The second-order valence-electron chi connectivity index (χ2n) is 6.69. The molecule has 1 saturated heterocycles. The minimum absolute atomic E-state index is 0.123. The number of amides is 1. The van der Waals surface area contributed by atoms with Crippen LogP contribution >= 0.6 is 11.6 Å². The molecule has 0 aliphatic carbocycles. The van der Waals surface area contributed by atoms with Crippen LogP contribution in [0.25, 0.3) is 0 Å². The summed E-state index contributed by atoms with van der Waals surface area (Å²) in [4.78, 5) is 28.5. The van der Waals surface area contributed by atoms with Gasteiger partial charge in [-0.25, -0.2) is 4.68 Å². The smallest absolute Gasteiger partial charge is 0.287 e. The molecule has 0 atom stereocenters. The number of nitrogens with zero attached hydrogens (tertiary/aromatic N) is 4. The monoisotopic (exact) mass is 421 g/mol. The normalized spacial score (nSPS) is 14.6. The minimum atomic E-state index is -0.320. The van der Waals surface area contributed by atoms with Crippen molar-refractivity contribution in [1.29, 1.82) is 0 Å². The molecule has 0 saturated carbocycles. The molecule has 1 amide bonds. The van der Waals surface area contributed by atoms with Crippen molar-refractivity contribution in [3.63, 3.8) is 0 Å². The van der Waals surface area contributed by atoms with E-state index in [-0.39, 0.29) is 23.0 Å². The van der Waals surface area contributed by atoms with Crippen molar-refractivity contribution in [3.05, 3.63) is 39.8 Å². The molecular weight excluding hydrogens is 398 g/mol. The Bertz CT molecular complexity index is 918. The van der Waals surface area contributed by atoms with E-state index in [4.69, 9.17) is 21.1 Å². The summed E-state index contributed by atoms with van der Waals surface area (Å²) in [6.07, 6.45) is 1.60. The number of methoxy groups -OCH3 is 2. The largest absolute Gasteiger partial charge is 0.497 e. The SMILES string of the molecule is COc1cc(NC(=O)CN2CCN(c3cnn(C)c(=O)c3Cl)CC2)cc(OC)c1. The highest BCUT2D eigenvalue weighted by molar-refractivity contribution is 6.33. The van der Waals surface area contributed by atoms with Crippen molar-refractivity contribution in [2.24, 2.45) is 7.05 Å². The van der Waals surface area contributed by atoms with Crippen LogP contribution in [0.15, 0.2) is 29.2 Å². The topological polar surface area (TPSA) is 88.9 Å². The van der Waals surface area contributed by atoms with E-state index in [0.717, 1.165) is 0 Å². The minimum Gasteiger partial charge on any atom is -0.497 e. The zero-order valence-electron chi connectivity index (χ0n) is 16.6. The fraction of sp³-hybridized carbons (Fsp3) is 0.421. The Hall–Kier alpha value is -2.78. The molecule has 0 radical (unpaired) electrons. The second-order valence-corrected chi connectivity index (χ2v) is 7.06. The zero-order chi connectivity index (χ0) is 21.0. The Balaban J connectivity index is 1.56. The molecule has 1 aliphatic heterocycles. The van der Waals surface area contributed by atoms with Gasteiger partial charge in [0.15, 0.2) is 0 Å². The summed E-state index contributed by atoms with van der Waals surface area (Å²) in [5.41, 5.74) is 0.921. The molecule has 2 aromatic rings. The lowest BCUT2D eigenvalue weighted by Crippen LogP contribution is -2.49. The van der Waals surface area contributed by atoms with Crippen molar-refractivity contribution < 1.29 is 14.3 Å². The Kier molecular flexibility index (Phi) is 6.60. The maximum Gasteiger partial charge on any atom is 0.287 e. The van der Waals surface area contributed by atoms with Gasteiger partial charge in [0, 0.05) is 57.1 Å². The molecule has 1 aromatic heterocycles. The van der Waals surface area contributed by atoms with E-state index in [1.54, 1.807) is 45.7 Å². The summed E-state index contributed by atoms with van der Waals surface area (Å²) in [5.74, 6) is 1.09. The molecule has 0 spiro atoms. The Labute approximate surface area is 173 Å². The number of hydrogen-bond acceptors (Lipinski definition) is 7. The van der Waals surface area contributed by atoms with E-state index in [0.29, 0.717) is 49.1 Å². The maximum absolute atomic E-state index is 12.4. The van der Waals surface area contributed by atoms with Crippen molar-refractivity contribution in [2.45, 2.75) is 0 Å². The standard InChI is InChI=1S/C19H24ClN5O4/c1-23-19(27)18(20)16(11-21-23)25-6-4-24(5-7-25)12-17(26)22-13-8-14(28-2)10-15(9-13)29-3/h8-11H,4-7,12H2,1-3H3,(H,22,26). The summed E-state index contributed by atoms with van der Waals surface area (Å²) in [6, 6.07) is 5.22. The van der Waals surface area contributed by atoms with Gasteiger partial charge in [-0.2, -0.15) is 5.10 Å². The Morgan fingerprint density at radius 3 is 2.34 bits per heavy atom. The van der Waals surface area contributed by atoms with Gasteiger partial charge < -0.3 is 19.7 Å². The first-order chi connectivity index (χ1) is 13.9. The third kappa shape index (κ3) is 4.99. The van der Waals surface area contributed by atoms with Gasteiger partial charge >= 0.3 is 0 Å². The average Bonchev–Trinajstić information content (AvgIpc) is 2.72. The molecule has 10 heteroatoms. The number of aromatic nitrogens is 2. The molecular formula is C19H24ClN5O4. The predicted octanol–water partition coefficient (Wildman–Crippen LogP) is 1.21. The Morgan fingerprint density at radius 1 is 1.14 bits per heavy atom. The van der Waals surface area contributed by atoms with Crippen LogP contribution in [-0.2, 0) is 11.8 Å². The number of halogens is 1. The van der Waals surface area contributed by atoms with Crippen molar-refractivity contribution in [3.8, 4) is 11.5 Å². The van der Waals surface area contributed by atoms with Crippen LogP contribution in [0.1, 0.15) is 0 Å². The highest BCUT2D eigenvalue weighted by Gasteiger charge is 2.22. The van der Waals surface area contributed by atoms with E-state index >= 15 is 0 Å². The van der Waals surface area contributed by atoms with Gasteiger partial charge in [-0.05, 0) is 0 Å². The third-order valence-corrected chi connectivity index (χ3v) is 5.13. The molecule has 1 fully saturated rings. The lowest BCUT2D eigenvalue weighted by atomic mass is 10.2. The molecule has 29 heavy (non-hydrogen) atoms. The molecule has 9 nitrogen and oxygen atoms in total. The third-order valence-electron chi connectivity index (χ3n) is 4.78.